The highest BCUT2D eigenvalue weighted by molar-refractivity contribution is 5.94. The van der Waals surface area contributed by atoms with Gasteiger partial charge in [0.1, 0.15) is 5.82 Å². The van der Waals surface area contributed by atoms with Crippen molar-refractivity contribution in [2.45, 2.75) is 33.2 Å². The maximum Gasteiger partial charge on any atom is 0.242 e. The van der Waals surface area contributed by atoms with Crippen molar-refractivity contribution in [2.75, 3.05) is 5.32 Å². The molecule has 0 aliphatic rings. The molecular weight excluding hydrogens is 192 g/mol. The van der Waals surface area contributed by atoms with Crippen molar-refractivity contribution < 1.29 is 4.79 Å². The van der Waals surface area contributed by atoms with Crippen LogP contribution < -0.4 is 11.1 Å². The molecule has 0 aromatic carbocycles. The van der Waals surface area contributed by atoms with E-state index in [4.69, 9.17) is 5.73 Å². The topological polar surface area (TPSA) is 83.8 Å². The zero-order chi connectivity index (χ0) is 11.4. The molecule has 15 heavy (non-hydrogen) atoms. The molecule has 4 N–H and O–H groups in total. The minimum Gasteiger partial charge on any atom is -0.320 e. The summed E-state index contributed by atoms with van der Waals surface area (Å²) in [7, 11) is 0. The summed E-state index contributed by atoms with van der Waals surface area (Å²) in [6.45, 7) is 5.84. The maximum absolute atomic E-state index is 11.7. The average molecular weight is 210 g/mol. The number of hydrogen-bond acceptors (Lipinski definition) is 3. The number of aryl methyl sites for hydroxylation is 1. The molecule has 1 aromatic rings. The number of aromatic nitrogens is 2. The highest BCUT2D eigenvalue weighted by atomic mass is 16.2. The number of anilines is 1. The van der Waals surface area contributed by atoms with Crippen LogP contribution in [0.1, 0.15) is 25.8 Å². The summed E-state index contributed by atoms with van der Waals surface area (Å²) < 4.78 is 0. The van der Waals surface area contributed by atoms with E-state index in [0.29, 0.717) is 5.82 Å². The highest BCUT2D eigenvalue weighted by Crippen LogP contribution is 2.11. The number of nitrogens with two attached hydrogens (primary N) is 1. The van der Waals surface area contributed by atoms with Crippen molar-refractivity contribution in [1.29, 1.82) is 0 Å². The number of H-pyrrole nitrogens is 1. The first-order valence-electron chi connectivity index (χ1n) is 5.12. The number of nitrogens with zero attached hydrogens (tertiary/aromatic N) is 1. The van der Waals surface area contributed by atoms with Crippen LogP contribution in [0.2, 0.25) is 0 Å². The molecule has 5 nitrogen and oxygen atoms in total. The van der Waals surface area contributed by atoms with E-state index in [-0.39, 0.29) is 11.8 Å². The molecule has 1 rings (SSSR count). The number of carbonyl (C=O) groups excluding carboxylic acids is 1. The van der Waals surface area contributed by atoms with Crippen LogP contribution in [0.5, 0.6) is 0 Å². The Kier molecular flexibility index (Phi) is 3.85. The largest absolute Gasteiger partial charge is 0.320 e. The van der Waals surface area contributed by atoms with Gasteiger partial charge in [0.15, 0.2) is 0 Å². The van der Waals surface area contributed by atoms with Crippen LogP contribution >= 0.6 is 0 Å². The van der Waals surface area contributed by atoms with Crippen LogP contribution in [0, 0.1) is 12.8 Å². The Hall–Kier alpha value is -1.36. The fourth-order valence-corrected chi connectivity index (χ4v) is 1.19. The van der Waals surface area contributed by atoms with E-state index in [1.807, 2.05) is 20.8 Å². The molecule has 1 heterocycles. The van der Waals surface area contributed by atoms with Crippen molar-refractivity contribution in [3.8, 4) is 0 Å². The van der Waals surface area contributed by atoms with Crippen molar-refractivity contribution >= 4 is 11.7 Å². The molecule has 0 spiro atoms. The number of nitrogens with one attached hydrogen (secondary N) is 2. The zero-order valence-corrected chi connectivity index (χ0v) is 9.37. The molecule has 84 valence electrons. The van der Waals surface area contributed by atoms with Gasteiger partial charge in [0.05, 0.1) is 12.2 Å². The van der Waals surface area contributed by atoms with Crippen LogP contribution in [-0.4, -0.2) is 22.1 Å². The third-order valence-electron chi connectivity index (χ3n) is 2.64. The summed E-state index contributed by atoms with van der Waals surface area (Å²) in [5.74, 6) is 0.628. The minimum absolute atomic E-state index is 0.170. The second kappa shape index (κ2) is 4.93. The summed E-state index contributed by atoms with van der Waals surface area (Å²) in [6.07, 6.45) is 2.54. The normalized spacial score (nSPS) is 14.7. The van der Waals surface area contributed by atoms with Gasteiger partial charge in [-0.3, -0.25) is 9.89 Å². The third-order valence-corrected chi connectivity index (χ3v) is 2.64. The van der Waals surface area contributed by atoms with E-state index in [1.165, 1.54) is 0 Å². The number of carbonyl (C=O) groups is 1. The number of amides is 1. The molecule has 2 atom stereocenters. The number of hydrogen-bond donors (Lipinski definition) is 3. The molecule has 0 aliphatic carbocycles. The SMILES string of the molecule is CCC(C)[C@H](N)C(=O)Nc1[nH]ncc1C. The van der Waals surface area contributed by atoms with E-state index in [0.717, 1.165) is 12.0 Å². The lowest BCUT2D eigenvalue weighted by atomic mass is 9.99. The van der Waals surface area contributed by atoms with Gasteiger partial charge >= 0.3 is 0 Å². The Labute approximate surface area is 89.4 Å². The number of rotatable bonds is 4. The van der Waals surface area contributed by atoms with Crippen LogP contribution in [0.3, 0.4) is 0 Å². The molecule has 0 bridgehead atoms. The van der Waals surface area contributed by atoms with Crippen LogP contribution in [0.4, 0.5) is 5.82 Å². The summed E-state index contributed by atoms with van der Waals surface area (Å²) in [6, 6.07) is -0.474. The van der Waals surface area contributed by atoms with Crippen molar-refractivity contribution in [1.82, 2.24) is 10.2 Å². The summed E-state index contributed by atoms with van der Waals surface area (Å²) in [5, 5.41) is 9.25. The molecule has 0 aliphatic heterocycles. The molecule has 1 amide bonds. The zero-order valence-electron chi connectivity index (χ0n) is 9.37. The van der Waals surface area contributed by atoms with Crippen LogP contribution in [0.25, 0.3) is 0 Å². The monoisotopic (exact) mass is 210 g/mol. The van der Waals surface area contributed by atoms with Gasteiger partial charge in [0, 0.05) is 5.56 Å². The van der Waals surface area contributed by atoms with Gasteiger partial charge in [0.25, 0.3) is 0 Å². The predicted octanol–water partition coefficient (Wildman–Crippen LogP) is 1.03. The van der Waals surface area contributed by atoms with Gasteiger partial charge in [-0.05, 0) is 12.8 Å². The first-order valence-corrected chi connectivity index (χ1v) is 5.12. The second-order valence-corrected chi connectivity index (χ2v) is 3.83. The van der Waals surface area contributed by atoms with E-state index in [9.17, 15) is 4.79 Å². The molecular formula is C10H18N4O. The Morgan fingerprint density at radius 3 is 2.87 bits per heavy atom. The van der Waals surface area contributed by atoms with Crippen molar-refractivity contribution in [3.05, 3.63) is 11.8 Å². The Morgan fingerprint density at radius 1 is 1.73 bits per heavy atom. The summed E-state index contributed by atoms with van der Waals surface area (Å²) in [5.41, 5.74) is 6.69. The fraction of sp³-hybridized carbons (Fsp3) is 0.600. The van der Waals surface area contributed by atoms with Gasteiger partial charge in [-0.15, -0.1) is 0 Å². The molecule has 0 radical (unpaired) electrons. The third kappa shape index (κ3) is 2.79. The smallest absolute Gasteiger partial charge is 0.242 e. The van der Waals surface area contributed by atoms with E-state index >= 15 is 0 Å². The quantitative estimate of drug-likeness (QED) is 0.694. The Balaban J connectivity index is 2.60. The Morgan fingerprint density at radius 2 is 2.40 bits per heavy atom. The van der Waals surface area contributed by atoms with Gasteiger partial charge in [-0.25, -0.2) is 0 Å². The lowest BCUT2D eigenvalue weighted by Crippen LogP contribution is -2.40. The lowest BCUT2D eigenvalue weighted by Gasteiger charge is -2.17. The second-order valence-electron chi connectivity index (χ2n) is 3.83. The van der Waals surface area contributed by atoms with Gasteiger partial charge < -0.3 is 11.1 Å². The van der Waals surface area contributed by atoms with Crippen LogP contribution in [0.15, 0.2) is 6.20 Å². The molecule has 1 unspecified atom stereocenters. The van der Waals surface area contributed by atoms with E-state index < -0.39 is 6.04 Å². The van der Waals surface area contributed by atoms with Crippen molar-refractivity contribution in [2.24, 2.45) is 11.7 Å². The van der Waals surface area contributed by atoms with Crippen LogP contribution in [-0.2, 0) is 4.79 Å². The molecule has 0 saturated carbocycles. The minimum atomic E-state index is -0.474. The van der Waals surface area contributed by atoms with Gasteiger partial charge in [0.2, 0.25) is 5.91 Å². The predicted molar refractivity (Wildman–Crippen MR) is 59.4 cm³/mol. The number of aromatic amines is 1. The van der Waals surface area contributed by atoms with E-state index in [2.05, 4.69) is 15.5 Å². The highest BCUT2D eigenvalue weighted by Gasteiger charge is 2.20. The molecule has 0 saturated heterocycles. The molecule has 5 heteroatoms. The average Bonchev–Trinajstić information content (AvgIpc) is 2.62. The Bertz CT molecular complexity index is 334. The first kappa shape index (κ1) is 11.7. The molecule has 0 fully saturated rings. The lowest BCUT2D eigenvalue weighted by molar-refractivity contribution is -0.118. The maximum atomic E-state index is 11.7. The summed E-state index contributed by atoms with van der Waals surface area (Å²) in [4.78, 5) is 11.7. The standard InChI is InChI=1S/C10H18N4O/c1-4-6(2)8(11)10(15)13-9-7(3)5-12-14-9/h5-6,8H,4,11H2,1-3H3,(H2,12,13,14,15)/t6?,8-/m0/s1. The molecule has 1 aromatic heterocycles. The van der Waals surface area contributed by atoms with E-state index in [1.54, 1.807) is 6.20 Å². The van der Waals surface area contributed by atoms with Gasteiger partial charge in [-0.2, -0.15) is 5.10 Å². The fourth-order valence-electron chi connectivity index (χ4n) is 1.19. The first-order chi connectivity index (χ1) is 7.06. The van der Waals surface area contributed by atoms with Gasteiger partial charge in [-0.1, -0.05) is 20.3 Å². The van der Waals surface area contributed by atoms with Crippen molar-refractivity contribution in [3.63, 3.8) is 0 Å². The summed E-state index contributed by atoms with van der Waals surface area (Å²) >= 11 is 0.